The van der Waals surface area contributed by atoms with Crippen molar-refractivity contribution in [2.75, 3.05) is 13.2 Å². The normalized spacial score (nSPS) is 26.2. The third-order valence-electron chi connectivity index (χ3n) is 2.95. The highest BCUT2D eigenvalue weighted by molar-refractivity contribution is 7.89. The Kier molecular flexibility index (Phi) is 3.70. The van der Waals surface area contributed by atoms with Gasteiger partial charge in [-0.3, -0.25) is 0 Å². The van der Waals surface area contributed by atoms with Gasteiger partial charge in [0.25, 0.3) is 0 Å². The third kappa shape index (κ3) is 2.55. The molecule has 2 rings (SSSR count). The van der Waals surface area contributed by atoms with E-state index in [0.29, 0.717) is 13.2 Å². The molecule has 1 aliphatic rings. The van der Waals surface area contributed by atoms with Gasteiger partial charge in [0.2, 0.25) is 10.0 Å². The quantitative estimate of drug-likeness (QED) is 0.822. The van der Waals surface area contributed by atoms with Crippen LogP contribution in [0.4, 0.5) is 4.39 Å². The highest BCUT2D eigenvalue weighted by atomic mass is 32.2. The van der Waals surface area contributed by atoms with E-state index in [9.17, 15) is 12.8 Å². The molecule has 0 amide bonds. The summed E-state index contributed by atoms with van der Waals surface area (Å²) >= 11 is 0. The molecule has 2 unspecified atom stereocenters. The highest BCUT2D eigenvalue weighted by Gasteiger charge is 2.34. The molecule has 1 saturated heterocycles. The van der Waals surface area contributed by atoms with Crippen LogP contribution in [0.5, 0.6) is 0 Å². The molecule has 18 heavy (non-hydrogen) atoms. The molecule has 100 valence electrons. The van der Waals surface area contributed by atoms with Gasteiger partial charge in [-0.1, -0.05) is 6.07 Å². The van der Waals surface area contributed by atoms with E-state index in [-0.39, 0.29) is 17.0 Å². The number of hydrogen-bond donors (Lipinski definition) is 0. The summed E-state index contributed by atoms with van der Waals surface area (Å²) in [6.07, 6.45) is -0.149. The predicted molar refractivity (Wildman–Crippen MR) is 65.2 cm³/mol. The first-order chi connectivity index (χ1) is 8.41. The van der Waals surface area contributed by atoms with E-state index in [1.165, 1.54) is 22.5 Å². The first kappa shape index (κ1) is 13.5. The molecule has 0 aromatic heterocycles. The summed E-state index contributed by atoms with van der Waals surface area (Å²) in [6, 6.07) is 4.84. The Balaban J connectivity index is 2.35. The topological polar surface area (TPSA) is 46.6 Å². The minimum absolute atomic E-state index is 0.0107. The molecule has 4 nitrogen and oxygen atoms in total. The van der Waals surface area contributed by atoms with E-state index in [1.54, 1.807) is 6.92 Å². The largest absolute Gasteiger partial charge is 0.375 e. The van der Waals surface area contributed by atoms with Gasteiger partial charge in [-0.15, -0.1) is 0 Å². The Morgan fingerprint density at radius 3 is 2.78 bits per heavy atom. The van der Waals surface area contributed by atoms with Crippen molar-refractivity contribution < 1.29 is 17.5 Å². The summed E-state index contributed by atoms with van der Waals surface area (Å²) in [5.74, 6) is -0.551. The third-order valence-corrected chi connectivity index (χ3v) is 4.93. The Hall–Kier alpha value is -0.980. The number of ether oxygens (including phenoxy) is 1. The maximum absolute atomic E-state index is 13.1. The lowest BCUT2D eigenvalue weighted by atomic mass is 10.2. The molecular weight excluding hydrogens is 257 g/mol. The van der Waals surface area contributed by atoms with Gasteiger partial charge in [0, 0.05) is 12.6 Å². The molecule has 0 bridgehead atoms. The van der Waals surface area contributed by atoms with Crippen molar-refractivity contribution in [1.29, 1.82) is 0 Å². The van der Waals surface area contributed by atoms with Crippen LogP contribution in [0.3, 0.4) is 0 Å². The molecule has 1 aliphatic heterocycles. The van der Waals surface area contributed by atoms with E-state index in [1.807, 2.05) is 6.92 Å². The van der Waals surface area contributed by atoms with Crippen molar-refractivity contribution in [3.8, 4) is 0 Å². The van der Waals surface area contributed by atoms with Gasteiger partial charge in [0.1, 0.15) is 5.82 Å². The van der Waals surface area contributed by atoms with Crippen molar-refractivity contribution in [2.45, 2.75) is 30.9 Å². The van der Waals surface area contributed by atoms with Gasteiger partial charge >= 0.3 is 0 Å². The standard InChI is InChI=1S/C12H16FNO3S/c1-9-8-17-10(2)7-14(9)18(15,16)12-5-3-4-11(13)6-12/h3-6,9-10H,7-8H2,1-2H3. The fourth-order valence-electron chi connectivity index (χ4n) is 1.97. The molecule has 0 spiro atoms. The van der Waals surface area contributed by atoms with Crippen molar-refractivity contribution in [3.63, 3.8) is 0 Å². The van der Waals surface area contributed by atoms with Crippen LogP contribution in [0.1, 0.15) is 13.8 Å². The Bertz CT molecular complexity index is 532. The molecule has 0 radical (unpaired) electrons. The summed E-state index contributed by atoms with van der Waals surface area (Å²) in [6.45, 7) is 4.25. The lowest BCUT2D eigenvalue weighted by molar-refractivity contribution is -0.0170. The molecule has 6 heteroatoms. The molecule has 0 saturated carbocycles. The lowest BCUT2D eigenvalue weighted by Gasteiger charge is -2.35. The zero-order chi connectivity index (χ0) is 13.3. The van der Waals surface area contributed by atoms with E-state index in [2.05, 4.69) is 0 Å². The van der Waals surface area contributed by atoms with Crippen LogP contribution in [0.15, 0.2) is 29.2 Å². The molecule has 1 heterocycles. The SMILES string of the molecule is CC1CN(S(=O)(=O)c2cccc(F)c2)C(C)CO1. The lowest BCUT2D eigenvalue weighted by Crippen LogP contribution is -2.50. The molecule has 1 aromatic rings. The van der Waals surface area contributed by atoms with E-state index in [0.717, 1.165) is 6.07 Å². The van der Waals surface area contributed by atoms with Gasteiger partial charge in [-0.05, 0) is 32.0 Å². The van der Waals surface area contributed by atoms with Crippen LogP contribution in [-0.4, -0.2) is 38.0 Å². The summed E-state index contributed by atoms with van der Waals surface area (Å²) in [4.78, 5) is -0.0107. The van der Waals surface area contributed by atoms with Crippen molar-refractivity contribution in [3.05, 3.63) is 30.1 Å². The van der Waals surface area contributed by atoms with Crippen LogP contribution in [0.2, 0.25) is 0 Å². The van der Waals surface area contributed by atoms with Crippen LogP contribution < -0.4 is 0 Å². The summed E-state index contributed by atoms with van der Waals surface area (Å²) in [5, 5.41) is 0. The zero-order valence-corrected chi connectivity index (χ0v) is 11.2. The number of sulfonamides is 1. The molecule has 0 aliphatic carbocycles. The summed E-state index contributed by atoms with van der Waals surface area (Å²) in [7, 11) is -3.65. The second kappa shape index (κ2) is 4.95. The first-order valence-corrected chi connectivity index (χ1v) is 7.24. The Morgan fingerprint density at radius 2 is 2.11 bits per heavy atom. The number of benzene rings is 1. The second-order valence-corrected chi connectivity index (χ2v) is 6.42. The zero-order valence-electron chi connectivity index (χ0n) is 10.3. The first-order valence-electron chi connectivity index (χ1n) is 5.80. The summed E-state index contributed by atoms with van der Waals surface area (Å²) < 4.78 is 44.7. The number of nitrogens with zero attached hydrogens (tertiary/aromatic N) is 1. The van der Waals surface area contributed by atoms with Crippen molar-refractivity contribution in [1.82, 2.24) is 4.31 Å². The molecule has 2 atom stereocenters. The molecule has 0 N–H and O–H groups in total. The fraction of sp³-hybridized carbons (Fsp3) is 0.500. The van der Waals surface area contributed by atoms with Gasteiger partial charge in [0.05, 0.1) is 17.6 Å². The molecule has 1 fully saturated rings. The van der Waals surface area contributed by atoms with Gasteiger partial charge in [0.15, 0.2) is 0 Å². The van der Waals surface area contributed by atoms with Crippen molar-refractivity contribution >= 4 is 10.0 Å². The van der Waals surface area contributed by atoms with Gasteiger partial charge in [-0.2, -0.15) is 4.31 Å². The Labute approximate surface area is 106 Å². The minimum Gasteiger partial charge on any atom is -0.375 e. The fourth-order valence-corrected chi connectivity index (χ4v) is 3.69. The molecule has 1 aromatic carbocycles. The van der Waals surface area contributed by atoms with E-state index >= 15 is 0 Å². The maximum atomic E-state index is 13.1. The second-order valence-electron chi connectivity index (χ2n) is 4.53. The van der Waals surface area contributed by atoms with Gasteiger partial charge < -0.3 is 4.74 Å². The predicted octanol–water partition coefficient (Wildman–Crippen LogP) is 1.62. The number of halogens is 1. The average molecular weight is 273 g/mol. The van der Waals surface area contributed by atoms with Crippen LogP contribution in [0.25, 0.3) is 0 Å². The summed E-state index contributed by atoms with van der Waals surface area (Å²) in [5.41, 5.74) is 0. The smallest absolute Gasteiger partial charge is 0.243 e. The van der Waals surface area contributed by atoms with Crippen molar-refractivity contribution in [2.24, 2.45) is 0 Å². The Morgan fingerprint density at radius 1 is 1.39 bits per heavy atom. The number of morpholine rings is 1. The number of rotatable bonds is 2. The average Bonchev–Trinajstić information content (AvgIpc) is 2.32. The van der Waals surface area contributed by atoms with Crippen LogP contribution in [-0.2, 0) is 14.8 Å². The number of hydrogen-bond acceptors (Lipinski definition) is 3. The highest BCUT2D eigenvalue weighted by Crippen LogP contribution is 2.22. The minimum atomic E-state index is -3.65. The molecular formula is C12H16FNO3S. The maximum Gasteiger partial charge on any atom is 0.243 e. The monoisotopic (exact) mass is 273 g/mol. The van der Waals surface area contributed by atoms with E-state index < -0.39 is 15.8 Å². The van der Waals surface area contributed by atoms with Gasteiger partial charge in [-0.25, -0.2) is 12.8 Å². The van der Waals surface area contributed by atoms with Crippen LogP contribution >= 0.6 is 0 Å². The van der Waals surface area contributed by atoms with E-state index in [4.69, 9.17) is 4.74 Å². The van der Waals surface area contributed by atoms with Crippen LogP contribution in [0, 0.1) is 5.82 Å².